The van der Waals surface area contributed by atoms with Gasteiger partial charge >= 0.3 is 5.97 Å². The standard InChI is InChI=1S/C25H25N3O6S2/c1-4-33-24(31)21-15(2)20-22(36-21)27-25(35-14-19(29)26-12-18-6-5-11-34-18)28(23(20)30)13-16-7-9-17(32-3)10-8-16/h5-11H,4,12-14H2,1-3H3,(H,26,29). The summed E-state index contributed by atoms with van der Waals surface area (Å²) in [6, 6.07) is 10.9. The number of hydrogen-bond donors (Lipinski definition) is 1. The monoisotopic (exact) mass is 527 g/mol. The van der Waals surface area contributed by atoms with E-state index in [2.05, 4.69) is 10.3 Å². The van der Waals surface area contributed by atoms with E-state index in [1.807, 2.05) is 24.3 Å². The van der Waals surface area contributed by atoms with Gasteiger partial charge in [0.15, 0.2) is 5.16 Å². The highest BCUT2D eigenvalue weighted by Gasteiger charge is 2.23. The van der Waals surface area contributed by atoms with Crippen LogP contribution in [0.1, 0.15) is 33.5 Å². The van der Waals surface area contributed by atoms with Crippen LogP contribution in [0.15, 0.2) is 57.0 Å². The van der Waals surface area contributed by atoms with E-state index in [-0.39, 0.29) is 36.9 Å². The third kappa shape index (κ3) is 5.63. The maximum Gasteiger partial charge on any atom is 0.348 e. The highest BCUT2D eigenvalue weighted by molar-refractivity contribution is 7.99. The van der Waals surface area contributed by atoms with Crippen molar-refractivity contribution in [1.82, 2.24) is 14.9 Å². The molecule has 1 aromatic carbocycles. The van der Waals surface area contributed by atoms with E-state index in [0.717, 1.165) is 28.7 Å². The van der Waals surface area contributed by atoms with Crippen molar-refractivity contribution < 1.29 is 23.5 Å². The quantitative estimate of drug-likeness (QED) is 0.187. The van der Waals surface area contributed by atoms with Crippen molar-refractivity contribution in [3.05, 3.63) is 74.8 Å². The number of fused-ring (bicyclic) bond motifs is 1. The molecular formula is C25H25N3O6S2. The topological polar surface area (TPSA) is 113 Å². The molecule has 188 valence electrons. The van der Waals surface area contributed by atoms with Crippen LogP contribution in [0.2, 0.25) is 0 Å². The Bertz CT molecular complexity index is 1430. The minimum absolute atomic E-state index is 0.0519. The van der Waals surface area contributed by atoms with E-state index >= 15 is 0 Å². The van der Waals surface area contributed by atoms with E-state index in [0.29, 0.717) is 37.3 Å². The van der Waals surface area contributed by atoms with Crippen molar-refractivity contribution in [1.29, 1.82) is 0 Å². The lowest BCUT2D eigenvalue weighted by Gasteiger charge is -2.13. The van der Waals surface area contributed by atoms with Crippen molar-refractivity contribution in [3.8, 4) is 5.75 Å². The molecule has 0 saturated heterocycles. The second-order valence-electron chi connectivity index (χ2n) is 7.74. The average Bonchev–Trinajstić information content (AvgIpc) is 3.52. The summed E-state index contributed by atoms with van der Waals surface area (Å²) < 4.78 is 17.1. The van der Waals surface area contributed by atoms with E-state index in [9.17, 15) is 14.4 Å². The number of carbonyl (C=O) groups excluding carboxylic acids is 2. The maximum absolute atomic E-state index is 13.6. The molecule has 0 spiro atoms. The van der Waals surface area contributed by atoms with Gasteiger partial charge in [0.1, 0.15) is 21.2 Å². The Labute approximate surface area is 215 Å². The molecule has 0 saturated carbocycles. The number of furan rings is 1. The maximum atomic E-state index is 13.6. The van der Waals surface area contributed by atoms with Crippen LogP contribution in [0.3, 0.4) is 0 Å². The summed E-state index contributed by atoms with van der Waals surface area (Å²) >= 11 is 2.28. The summed E-state index contributed by atoms with van der Waals surface area (Å²) in [6.45, 7) is 4.19. The van der Waals surface area contributed by atoms with Crippen LogP contribution in [-0.4, -0.2) is 40.9 Å². The first-order valence-electron chi connectivity index (χ1n) is 11.2. The second kappa shape index (κ2) is 11.4. The van der Waals surface area contributed by atoms with Crippen LogP contribution in [0.4, 0.5) is 0 Å². The molecule has 0 aliphatic heterocycles. The summed E-state index contributed by atoms with van der Waals surface area (Å²) in [6.07, 6.45) is 1.54. The molecule has 9 nitrogen and oxygen atoms in total. The van der Waals surface area contributed by atoms with Gasteiger partial charge in [-0.3, -0.25) is 14.2 Å². The van der Waals surface area contributed by atoms with Crippen molar-refractivity contribution in [3.63, 3.8) is 0 Å². The van der Waals surface area contributed by atoms with Gasteiger partial charge in [0.25, 0.3) is 5.56 Å². The lowest BCUT2D eigenvalue weighted by molar-refractivity contribution is -0.118. The summed E-state index contributed by atoms with van der Waals surface area (Å²) in [7, 11) is 1.59. The molecule has 0 bridgehead atoms. The smallest absolute Gasteiger partial charge is 0.348 e. The predicted octanol–water partition coefficient (Wildman–Crippen LogP) is 4.00. The third-order valence-electron chi connectivity index (χ3n) is 5.35. The van der Waals surface area contributed by atoms with Crippen LogP contribution in [0.25, 0.3) is 10.2 Å². The molecule has 1 N–H and O–H groups in total. The lowest BCUT2D eigenvalue weighted by atomic mass is 10.2. The second-order valence-corrected chi connectivity index (χ2v) is 9.68. The number of thioether (sulfide) groups is 1. The number of rotatable bonds is 10. The number of hydrogen-bond acceptors (Lipinski definition) is 9. The van der Waals surface area contributed by atoms with Crippen molar-refractivity contribution in [2.75, 3.05) is 19.5 Å². The number of aryl methyl sites for hydroxylation is 1. The Hall–Kier alpha value is -3.57. The van der Waals surface area contributed by atoms with Gasteiger partial charge in [0, 0.05) is 0 Å². The Morgan fingerprint density at radius 3 is 2.67 bits per heavy atom. The predicted molar refractivity (Wildman–Crippen MR) is 138 cm³/mol. The molecule has 11 heteroatoms. The molecule has 4 rings (SSSR count). The number of nitrogens with zero attached hydrogens (tertiary/aromatic N) is 2. The molecule has 36 heavy (non-hydrogen) atoms. The first-order chi connectivity index (χ1) is 17.4. The highest BCUT2D eigenvalue weighted by atomic mass is 32.2. The molecule has 1 amide bonds. The minimum Gasteiger partial charge on any atom is -0.497 e. The molecule has 0 atom stereocenters. The van der Waals surface area contributed by atoms with Crippen molar-refractivity contribution >= 4 is 45.2 Å². The van der Waals surface area contributed by atoms with E-state index in [1.54, 1.807) is 39.4 Å². The molecule has 4 aromatic rings. The number of aromatic nitrogens is 2. The zero-order valence-corrected chi connectivity index (χ0v) is 21.7. The number of esters is 1. The molecule has 3 heterocycles. The summed E-state index contributed by atoms with van der Waals surface area (Å²) in [5, 5.41) is 3.55. The number of methoxy groups -OCH3 is 1. The van der Waals surface area contributed by atoms with Crippen molar-refractivity contribution in [2.24, 2.45) is 0 Å². The zero-order valence-electron chi connectivity index (χ0n) is 20.0. The van der Waals surface area contributed by atoms with E-state index in [1.165, 1.54) is 4.57 Å². The Balaban J connectivity index is 1.67. The molecule has 0 aliphatic carbocycles. The van der Waals surface area contributed by atoms with E-state index in [4.69, 9.17) is 13.9 Å². The molecule has 0 fully saturated rings. The van der Waals surface area contributed by atoms with Gasteiger partial charge in [-0.25, -0.2) is 9.78 Å². The van der Waals surface area contributed by atoms with Gasteiger partial charge in [-0.1, -0.05) is 23.9 Å². The van der Waals surface area contributed by atoms with Gasteiger partial charge in [-0.2, -0.15) is 0 Å². The molecule has 0 unspecified atom stereocenters. The molecular weight excluding hydrogens is 502 g/mol. The van der Waals surface area contributed by atoms with Crippen molar-refractivity contribution in [2.45, 2.75) is 32.1 Å². The highest BCUT2D eigenvalue weighted by Crippen LogP contribution is 2.30. The van der Waals surface area contributed by atoms with E-state index < -0.39 is 5.97 Å². The number of thiophene rings is 1. The van der Waals surface area contributed by atoms with Crippen LogP contribution < -0.4 is 15.6 Å². The number of carbonyl (C=O) groups is 2. The summed E-state index contributed by atoms with van der Waals surface area (Å²) in [5.74, 6) is 0.693. The number of benzene rings is 1. The first kappa shape index (κ1) is 25.5. The lowest BCUT2D eigenvalue weighted by Crippen LogP contribution is -2.27. The van der Waals surface area contributed by atoms with Crippen LogP contribution >= 0.6 is 23.1 Å². The Morgan fingerprint density at radius 2 is 2.00 bits per heavy atom. The Kier molecular flexibility index (Phi) is 8.11. The minimum atomic E-state index is -0.481. The first-order valence-corrected chi connectivity index (χ1v) is 13.0. The number of amides is 1. The molecule has 0 aliphatic rings. The normalized spacial score (nSPS) is 11.0. The van der Waals surface area contributed by atoms with Gasteiger partial charge in [-0.05, 0) is 49.2 Å². The fourth-order valence-electron chi connectivity index (χ4n) is 3.53. The zero-order chi connectivity index (χ0) is 25.7. The fraction of sp³-hybridized carbons (Fsp3) is 0.280. The number of nitrogens with one attached hydrogen (secondary N) is 1. The SMILES string of the molecule is CCOC(=O)c1sc2nc(SCC(=O)NCc3ccco3)n(Cc3ccc(OC)cc3)c(=O)c2c1C. The largest absolute Gasteiger partial charge is 0.497 e. The van der Waals surface area contributed by atoms with Crippen LogP contribution in [0.5, 0.6) is 5.75 Å². The molecule has 3 aromatic heterocycles. The summed E-state index contributed by atoms with van der Waals surface area (Å²) in [4.78, 5) is 44.0. The van der Waals surface area contributed by atoms with Gasteiger partial charge in [0.05, 0.1) is 44.2 Å². The van der Waals surface area contributed by atoms with Gasteiger partial charge < -0.3 is 19.2 Å². The molecule has 0 radical (unpaired) electrons. The number of ether oxygens (including phenoxy) is 2. The summed E-state index contributed by atoms with van der Waals surface area (Å²) in [5.41, 5.74) is 1.13. The van der Waals surface area contributed by atoms with Crippen LogP contribution in [-0.2, 0) is 22.6 Å². The third-order valence-corrected chi connectivity index (χ3v) is 7.49. The van der Waals surface area contributed by atoms with Gasteiger partial charge in [0.2, 0.25) is 5.91 Å². The fourth-order valence-corrected chi connectivity index (χ4v) is 5.48. The van der Waals surface area contributed by atoms with Gasteiger partial charge in [-0.15, -0.1) is 11.3 Å². The average molecular weight is 528 g/mol. The van der Waals surface area contributed by atoms with Crippen LogP contribution in [0, 0.1) is 6.92 Å². The Morgan fingerprint density at radius 1 is 1.22 bits per heavy atom.